The average molecular weight is 541 g/mol. The zero-order valence-electron chi connectivity index (χ0n) is 23.5. The molecule has 0 bridgehead atoms. The lowest BCUT2D eigenvalue weighted by atomic mass is 9.84. The molecule has 214 valence electrons. The summed E-state index contributed by atoms with van der Waals surface area (Å²) in [5, 5.41) is 12.4. The van der Waals surface area contributed by atoms with Crippen molar-refractivity contribution in [1.29, 1.82) is 0 Å². The van der Waals surface area contributed by atoms with Gasteiger partial charge in [0, 0.05) is 18.2 Å². The van der Waals surface area contributed by atoms with E-state index >= 15 is 0 Å². The van der Waals surface area contributed by atoms with Crippen LogP contribution >= 0.6 is 0 Å². The number of hydrogen-bond donors (Lipinski definition) is 3. The van der Waals surface area contributed by atoms with Crippen molar-refractivity contribution in [2.45, 2.75) is 97.2 Å². The molecule has 1 saturated carbocycles. The van der Waals surface area contributed by atoms with Crippen LogP contribution in [0.3, 0.4) is 0 Å². The highest BCUT2D eigenvalue weighted by atomic mass is 16.5. The Kier molecular flexibility index (Phi) is 12.3. The Hall–Kier alpha value is -3.36. The summed E-state index contributed by atoms with van der Waals surface area (Å²) in [6.45, 7) is 6.94. The summed E-state index contributed by atoms with van der Waals surface area (Å²) in [5.74, 6) is -0.0932. The molecule has 0 spiro atoms. The fourth-order valence-electron chi connectivity index (χ4n) is 4.92. The van der Waals surface area contributed by atoms with E-state index in [1.54, 1.807) is 0 Å². The van der Waals surface area contributed by atoms with E-state index in [1.807, 2.05) is 38.1 Å². The molecule has 9 nitrogen and oxygen atoms in total. The van der Waals surface area contributed by atoms with Gasteiger partial charge in [-0.25, -0.2) is 0 Å². The summed E-state index contributed by atoms with van der Waals surface area (Å²) in [6, 6.07) is 7.59. The van der Waals surface area contributed by atoms with Crippen molar-refractivity contribution < 1.29 is 23.6 Å². The van der Waals surface area contributed by atoms with Crippen LogP contribution in [0.15, 0.2) is 41.1 Å². The Morgan fingerprint density at radius 3 is 2.51 bits per heavy atom. The number of nitrogens with zero attached hydrogens (tertiary/aromatic N) is 1. The molecule has 3 amide bonds. The highest BCUT2D eigenvalue weighted by Gasteiger charge is 2.32. The van der Waals surface area contributed by atoms with Crippen molar-refractivity contribution in [3.05, 3.63) is 47.9 Å². The summed E-state index contributed by atoms with van der Waals surface area (Å²) in [7, 11) is 0. The zero-order chi connectivity index (χ0) is 28.0. The maximum Gasteiger partial charge on any atom is 0.290 e. The Balaban J connectivity index is 1.68. The van der Waals surface area contributed by atoms with E-state index in [9.17, 15) is 14.4 Å². The van der Waals surface area contributed by atoms with Gasteiger partial charge in [-0.15, -0.1) is 0 Å². The van der Waals surface area contributed by atoms with Crippen molar-refractivity contribution in [2.24, 2.45) is 11.8 Å². The first-order chi connectivity index (χ1) is 18.9. The first kappa shape index (κ1) is 30.2. The topological polar surface area (TPSA) is 123 Å². The molecule has 1 heterocycles. The van der Waals surface area contributed by atoms with Crippen LogP contribution < -0.4 is 20.7 Å². The highest BCUT2D eigenvalue weighted by Crippen LogP contribution is 2.27. The molecule has 0 saturated heterocycles. The van der Waals surface area contributed by atoms with Gasteiger partial charge in [0.15, 0.2) is 0 Å². The predicted molar refractivity (Wildman–Crippen MR) is 149 cm³/mol. The number of aromatic nitrogens is 1. The van der Waals surface area contributed by atoms with Crippen LogP contribution in [0.2, 0.25) is 0 Å². The lowest BCUT2D eigenvalue weighted by Gasteiger charge is -2.29. The summed E-state index contributed by atoms with van der Waals surface area (Å²) in [4.78, 5) is 39.7. The molecule has 1 aliphatic rings. The minimum Gasteiger partial charge on any atom is -0.493 e. The molecule has 1 aliphatic carbocycles. The Morgan fingerprint density at radius 2 is 1.82 bits per heavy atom. The van der Waals surface area contributed by atoms with Gasteiger partial charge >= 0.3 is 0 Å². The van der Waals surface area contributed by atoms with Gasteiger partial charge in [-0.1, -0.05) is 89.1 Å². The van der Waals surface area contributed by atoms with Gasteiger partial charge in [0.1, 0.15) is 17.8 Å². The first-order valence-corrected chi connectivity index (χ1v) is 14.4. The van der Waals surface area contributed by atoms with E-state index in [2.05, 4.69) is 28.0 Å². The fourth-order valence-corrected chi connectivity index (χ4v) is 4.92. The maximum atomic E-state index is 13.6. The Morgan fingerprint density at radius 1 is 1.05 bits per heavy atom. The molecule has 0 aliphatic heterocycles. The molecule has 0 radical (unpaired) electrons. The fraction of sp³-hybridized carbons (Fsp3) is 0.600. The van der Waals surface area contributed by atoms with E-state index in [0.29, 0.717) is 25.4 Å². The number of unbranched alkanes of at least 4 members (excludes halogenated alkanes) is 1. The van der Waals surface area contributed by atoms with Crippen LogP contribution in [0, 0.1) is 11.8 Å². The van der Waals surface area contributed by atoms with Gasteiger partial charge in [0.2, 0.25) is 17.6 Å². The van der Waals surface area contributed by atoms with Crippen LogP contribution in [-0.4, -0.2) is 41.6 Å². The second-order valence-electron chi connectivity index (χ2n) is 10.5. The molecule has 1 aromatic heterocycles. The Bertz CT molecular complexity index is 1040. The number of para-hydroxylation sites is 1. The van der Waals surface area contributed by atoms with Gasteiger partial charge in [-0.05, 0) is 30.7 Å². The minimum absolute atomic E-state index is 0.0486. The molecular weight excluding hydrogens is 496 g/mol. The predicted octanol–water partition coefficient (Wildman–Crippen LogP) is 4.77. The number of nitrogens with one attached hydrogen (secondary N) is 3. The van der Waals surface area contributed by atoms with Gasteiger partial charge < -0.3 is 25.2 Å². The van der Waals surface area contributed by atoms with E-state index in [-0.39, 0.29) is 30.0 Å². The van der Waals surface area contributed by atoms with Crippen LogP contribution in [0.5, 0.6) is 5.75 Å². The quantitative estimate of drug-likeness (QED) is 0.280. The Labute approximate surface area is 231 Å². The molecule has 1 fully saturated rings. The standard InChI is InChI=1S/C30H44N4O5/c1-4-6-18-38-25-15-11-10-14-23(25)20-31-30(37)27(21(3)5-2)34-28(35)24(19-22-12-8-7-9-13-22)33-29(36)26-16-17-32-39-26/h10-11,14-17,21-22,24,27H,4-9,12-13,18-20H2,1-3H3,(H,31,37)(H,33,36)(H,34,35)/t21-,24-,27-/m0/s1. The number of amides is 3. The normalized spacial score (nSPS) is 16.1. The highest BCUT2D eigenvalue weighted by molar-refractivity contribution is 5.96. The SMILES string of the molecule is CCCCOc1ccccc1CNC(=O)[C@@H](NC(=O)[C@H](CC1CCCCC1)NC(=O)c1ccno1)[C@@H](C)CC. The van der Waals surface area contributed by atoms with E-state index in [4.69, 9.17) is 9.26 Å². The number of benzene rings is 1. The van der Waals surface area contributed by atoms with Crippen LogP contribution in [-0.2, 0) is 16.1 Å². The smallest absolute Gasteiger partial charge is 0.290 e. The third-order valence-corrected chi connectivity index (χ3v) is 7.55. The maximum absolute atomic E-state index is 13.6. The van der Waals surface area contributed by atoms with Crippen molar-refractivity contribution >= 4 is 17.7 Å². The summed E-state index contributed by atoms with van der Waals surface area (Å²) < 4.78 is 10.9. The largest absolute Gasteiger partial charge is 0.493 e. The van der Waals surface area contributed by atoms with Gasteiger partial charge in [0.25, 0.3) is 5.91 Å². The number of ether oxygens (including phenoxy) is 1. The molecule has 1 aromatic carbocycles. The van der Waals surface area contributed by atoms with Crippen molar-refractivity contribution in [1.82, 2.24) is 21.1 Å². The molecule has 9 heteroatoms. The van der Waals surface area contributed by atoms with Crippen LogP contribution in [0.1, 0.15) is 94.7 Å². The van der Waals surface area contributed by atoms with Crippen LogP contribution in [0.4, 0.5) is 0 Å². The molecule has 39 heavy (non-hydrogen) atoms. The molecule has 3 atom stereocenters. The van der Waals surface area contributed by atoms with Crippen LogP contribution in [0.25, 0.3) is 0 Å². The zero-order valence-corrected chi connectivity index (χ0v) is 23.5. The van der Waals surface area contributed by atoms with Crippen molar-refractivity contribution in [3.63, 3.8) is 0 Å². The molecule has 3 N–H and O–H groups in total. The molecule has 3 rings (SSSR count). The second-order valence-corrected chi connectivity index (χ2v) is 10.5. The summed E-state index contributed by atoms with van der Waals surface area (Å²) in [5.41, 5.74) is 0.880. The van der Waals surface area contributed by atoms with Gasteiger partial charge in [0.05, 0.1) is 12.8 Å². The third-order valence-electron chi connectivity index (χ3n) is 7.55. The van der Waals surface area contributed by atoms with E-state index in [0.717, 1.165) is 49.8 Å². The first-order valence-electron chi connectivity index (χ1n) is 14.4. The lowest BCUT2D eigenvalue weighted by Crippen LogP contribution is -2.56. The minimum atomic E-state index is -0.780. The number of carbonyl (C=O) groups excluding carboxylic acids is 3. The number of rotatable bonds is 15. The molecule has 2 aromatic rings. The molecular formula is C30H44N4O5. The van der Waals surface area contributed by atoms with Crippen molar-refractivity contribution in [2.75, 3.05) is 6.61 Å². The summed E-state index contributed by atoms with van der Waals surface area (Å²) in [6.07, 6.45) is 10.1. The van der Waals surface area contributed by atoms with E-state index in [1.165, 1.54) is 18.7 Å². The third kappa shape index (κ3) is 9.41. The van der Waals surface area contributed by atoms with E-state index < -0.39 is 18.0 Å². The van der Waals surface area contributed by atoms with Gasteiger partial charge in [-0.3, -0.25) is 14.4 Å². The number of carbonyl (C=O) groups is 3. The molecule has 0 unspecified atom stereocenters. The van der Waals surface area contributed by atoms with Gasteiger partial charge in [-0.2, -0.15) is 0 Å². The van der Waals surface area contributed by atoms with Crippen molar-refractivity contribution in [3.8, 4) is 5.75 Å². The monoisotopic (exact) mass is 540 g/mol. The second kappa shape index (κ2) is 15.9. The lowest BCUT2D eigenvalue weighted by molar-refractivity contribution is -0.131. The average Bonchev–Trinajstić information content (AvgIpc) is 3.50. The number of hydrogen-bond acceptors (Lipinski definition) is 6. The summed E-state index contributed by atoms with van der Waals surface area (Å²) >= 11 is 0.